The predicted molar refractivity (Wildman–Crippen MR) is 152 cm³/mol. The van der Waals surface area contributed by atoms with Gasteiger partial charge >= 0.3 is 5.95 Å². The molecule has 1 saturated carbocycles. The fourth-order valence-electron chi connectivity index (χ4n) is 5.77. The third kappa shape index (κ3) is 5.36. The number of morpholine rings is 1. The molecule has 2 fully saturated rings. The summed E-state index contributed by atoms with van der Waals surface area (Å²) >= 11 is 0. The standard InChI is InChI=1S/C27H30N12O4/c1-35-20(15-30-27(35)39(40)41)16-38-25(32-33-34-38)18-12-22-23(29-14-18)13-24(36-8-10-42-11-9-36)31-26(22)43-21-4-2-19(3-5-21)37-7-6-28-17-37/h6-7,12-15,17,19,21H,2-5,8-11,16H2,1H3. The van der Waals surface area contributed by atoms with Crippen molar-refractivity contribution in [2.45, 2.75) is 44.4 Å². The van der Waals surface area contributed by atoms with E-state index in [4.69, 9.17) is 19.4 Å². The average molecular weight is 587 g/mol. The van der Waals surface area contributed by atoms with E-state index in [1.165, 1.54) is 10.8 Å². The smallest absolute Gasteiger partial charge is 0.434 e. The summed E-state index contributed by atoms with van der Waals surface area (Å²) in [7, 11) is 1.59. The minimum Gasteiger partial charge on any atom is -0.474 e. The largest absolute Gasteiger partial charge is 0.474 e. The maximum Gasteiger partial charge on any atom is 0.434 e. The number of tetrazole rings is 1. The number of nitro groups is 1. The molecule has 1 aliphatic carbocycles. The van der Waals surface area contributed by atoms with Crippen LogP contribution in [0.2, 0.25) is 0 Å². The fraction of sp³-hybridized carbons (Fsp3) is 0.444. The van der Waals surface area contributed by atoms with Crippen LogP contribution in [-0.2, 0) is 18.3 Å². The molecule has 0 radical (unpaired) electrons. The van der Waals surface area contributed by atoms with Crippen LogP contribution in [0.3, 0.4) is 0 Å². The first kappa shape index (κ1) is 26.9. The van der Waals surface area contributed by atoms with Crippen molar-refractivity contribution in [3.8, 4) is 17.3 Å². The number of hydrogen-bond acceptors (Lipinski definition) is 12. The van der Waals surface area contributed by atoms with Crippen LogP contribution in [0.1, 0.15) is 37.4 Å². The van der Waals surface area contributed by atoms with Crippen LogP contribution in [0.4, 0.5) is 11.8 Å². The van der Waals surface area contributed by atoms with Gasteiger partial charge in [0.05, 0.1) is 37.5 Å². The van der Waals surface area contributed by atoms with Gasteiger partial charge in [0.25, 0.3) is 0 Å². The lowest BCUT2D eigenvalue weighted by Gasteiger charge is -2.31. The molecule has 1 saturated heterocycles. The first-order valence-corrected chi connectivity index (χ1v) is 14.2. The molecule has 0 spiro atoms. The van der Waals surface area contributed by atoms with Crippen LogP contribution < -0.4 is 9.64 Å². The van der Waals surface area contributed by atoms with Crippen LogP contribution >= 0.6 is 0 Å². The molecular formula is C27H30N12O4. The number of pyridine rings is 2. The fourth-order valence-corrected chi connectivity index (χ4v) is 5.77. The predicted octanol–water partition coefficient (Wildman–Crippen LogP) is 2.57. The van der Waals surface area contributed by atoms with E-state index in [9.17, 15) is 10.1 Å². The lowest BCUT2D eigenvalue weighted by atomic mass is 9.93. The molecule has 0 N–H and O–H groups in total. The molecule has 6 heterocycles. The second-order valence-corrected chi connectivity index (χ2v) is 10.8. The highest BCUT2D eigenvalue weighted by Gasteiger charge is 2.26. The van der Waals surface area contributed by atoms with Crippen LogP contribution in [0.15, 0.2) is 43.2 Å². The molecule has 16 nitrogen and oxygen atoms in total. The van der Waals surface area contributed by atoms with Gasteiger partial charge in [-0.2, -0.15) is 4.98 Å². The van der Waals surface area contributed by atoms with Gasteiger partial charge in [0.15, 0.2) is 5.82 Å². The van der Waals surface area contributed by atoms with Gasteiger partial charge in [0, 0.05) is 49.4 Å². The van der Waals surface area contributed by atoms with Gasteiger partial charge in [-0.25, -0.2) is 14.2 Å². The molecule has 1 aliphatic heterocycles. The summed E-state index contributed by atoms with van der Waals surface area (Å²) < 4.78 is 17.3. The van der Waals surface area contributed by atoms with Crippen molar-refractivity contribution in [2.24, 2.45) is 7.05 Å². The molecule has 16 heteroatoms. The Labute approximate surface area is 245 Å². The number of fused-ring (bicyclic) bond motifs is 1. The highest BCUT2D eigenvalue weighted by Crippen LogP contribution is 2.35. The van der Waals surface area contributed by atoms with Crippen molar-refractivity contribution in [2.75, 3.05) is 31.2 Å². The van der Waals surface area contributed by atoms with E-state index in [2.05, 4.69) is 35.0 Å². The molecule has 43 heavy (non-hydrogen) atoms. The minimum atomic E-state index is -0.527. The number of anilines is 1. The first-order chi connectivity index (χ1) is 21.0. The van der Waals surface area contributed by atoms with Crippen molar-refractivity contribution < 1.29 is 14.4 Å². The molecule has 2 aliphatic rings. The van der Waals surface area contributed by atoms with Gasteiger partial charge in [-0.05, 0) is 47.1 Å². The zero-order valence-corrected chi connectivity index (χ0v) is 23.6. The molecule has 5 aromatic rings. The lowest BCUT2D eigenvalue weighted by Crippen LogP contribution is -2.36. The van der Waals surface area contributed by atoms with Crippen LogP contribution in [0.5, 0.6) is 5.88 Å². The number of imidazole rings is 2. The quantitative estimate of drug-likeness (QED) is 0.193. The molecule has 0 aromatic carbocycles. The molecular weight excluding hydrogens is 556 g/mol. The topological polar surface area (TPSA) is 170 Å². The van der Waals surface area contributed by atoms with Crippen molar-refractivity contribution in [3.63, 3.8) is 0 Å². The highest BCUT2D eigenvalue weighted by molar-refractivity contribution is 5.88. The monoisotopic (exact) mass is 586 g/mol. The van der Waals surface area contributed by atoms with Gasteiger partial charge in [0.2, 0.25) is 5.88 Å². The summed E-state index contributed by atoms with van der Waals surface area (Å²) in [6.07, 6.45) is 12.7. The molecule has 0 amide bonds. The summed E-state index contributed by atoms with van der Waals surface area (Å²) in [5, 5.41) is 24.2. The van der Waals surface area contributed by atoms with Gasteiger partial charge in [0.1, 0.15) is 30.4 Å². The van der Waals surface area contributed by atoms with Crippen molar-refractivity contribution in [1.29, 1.82) is 0 Å². The van der Waals surface area contributed by atoms with E-state index < -0.39 is 4.92 Å². The number of ether oxygens (including phenoxy) is 2. The first-order valence-electron chi connectivity index (χ1n) is 14.2. The van der Waals surface area contributed by atoms with E-state index >= 15 is 0 Å². The second-order valence-electron chi connectivity index (χ2n) is 10.8. The van der Waals surface area contributed by atoms with Crippen LogP contribution in [0.25, 0.3) is 22.3 Å². The van der Waals surface area contributed by atoms with Crippen molar-refractivity contribution >= 4 is 22.7 Å². The van der Waals surface area contributed by atoms with Crippen molar-refractivity contribution in [3.05, 3.63) is 59.1 Å². The Morgan fingerprint density at radius 2 is 1.95 bits per heavy atom. The molecule has 7 rings (SSSR count). The number of rotatable bonds is 8. The summed E-state index contributed by atoms with van der Waals surface area (Å²) in [5.41, 5.74) is 2.01. The number of nitrogens with zero attached hydrogens (tertiary/aromatic N) is 12. The van der Waals surface area contributed by atoms with Crippen molar-refractivity contribution in [1.82, 2.24) is 49.3 Å². The molecule has 0 unspecified atom stereocenters. The van der Waals surface area contributed by atoms with Gasteiger partial charge in [-0.1, -0.05) is 4.98 Å². The Morgan fingerprint density at radius 1 is 1.12 bits per heavy atom. The van der Waals surface area contributed by atoms with Gasteiger partial charge < -0.3 is 29.1 Å². The zero-order chi connectivity index (χ0) is 29.3. The Balaban J connectivity index is 1.20. The normalized spacial score (nSPS) is 19.1. The molecule has 0 atom stereocenters. The summed E-state index contributed by atoms with van der Waals surface area (Å²) in [5.74, 6) is 1.55. The summed E-state index contributed by atoms with van der Waals surface area (Å²) in [6, 6.07) is 4.34. The molecule has 0 bridgehead atoms. The SMILES string of the molecule is Cn1c(Cn2nnnc2-c2cnc3cc(N4CCOCC4)nc(OC4CCC(n5ccnc5)CC4)c3c2)cnc1[N+](=O)[O-]. The Kier molecular flexibility index (Phi) is 7.10. The minimum absolute atomic E-state index is 0.0185. The van der Waals surface area contributed by atoms with E-state index in [-0.39, 0.29) is 18.6 Å². The zero-order valence-electron chi connectivity index (χ0n) is 23.6. The summed E-state index contributed by atoms with van der Waals surface area (Å²) in [6.45, 7) is 2.96. The third-order valence-corrected chi connectivity index (χ3v) is 8.16. The van der Waals surface area contributed by atoms with E-state index in [1.54, 1.807) is 17.9 Å². The highest BCUT2D eigenvalue weighted by atomic mass is 16.6. The molecule has 222 valence electrons. The Bertz CT molecular complexity index is 1740. The number of hydrogen-bond donors (Lipinski definition) is 0. The number of aromatic nitrogens is 10. The van der Waals surface area contributed by atoms with Crippen LogP contribution in [0, 0.1) is 10.1 Å². The Morgan fingerprint density at radius 3 is 2.70 bits per heavy atom. The third-order valence-electron chi connectivity index (χ3n) is 8.16. The summed E-state index contributed by atoms with van der Waals surface area (Å²) in [4.78, 5) is 30.8. The maximum atomic E-state index is 11.3. The van der Waals surface area contributed by atoms with Gasteiger partial charge in [-0.3, -0.25) is 4.98 Å². The lowest BCUT2D eigenvalue weighted by molar-refractivity contribution is -0.396. The second kappa shape index (κ2) is 11.4. The maximum absolute atomic E-state index is 11.3. The average Bonchev–Trinajstić information content (AvgIpc) is 3.81. The molecule has 5 aromatic heterocycles. The van der Waals surface area contributed by atoms with E-state index in [1.807, 2.05) is 30.9 Å². The van der Waals surface area contributed by atoms with Gasteiger partial charge in [-0.15, -0.1) is 5.10 Å². The van der Waals surface area contributed by atoms with Crippen LogP contribution in [-0.4, -0.2) is 86.6 Å². The Hall–Kier alpha value is -4.99. The van der Waals surface area contributed by atoms with E-state index in [0.717, 1.165) is 55.5 Å². The van der Waals surface area contributed by atoms with E-state index in [0.29, 0.717) is 42.2 Å².